The molecule has 2 heterocycles. The fourth-order valence-corrected chi connectivity index (χ4v) is 5.44. The van der Waals surface area contributed by atoms with E-state index in [0.717, 1.165) is 11.1 Å². The molecule has 0 saturated carbocycles. The predicted molar refractivity (Wildman–Crippen MR) is 149 cm³/mol. The first kappa shape index (κ1) is 28.1. The van der Waals surface area contributed by atoms with Crippen molar-refractivity contribution >= 4 is 23.7 Å². The van der Waals surface area contributed by atoms with Gasteiger partial charge in [0.25, 0.3) is 0 Å². The highest BCUT2D eigenvalue weighted by Crippen LogP contribution is 2.49. The molecule has 10 heteroatoms. The number of carbonyl (C=O) groups is 3. The number of likely N-dealkylation sites (tertiary alicyclic amines) is 1. The molecule has 0 aromatic heterocycles. The van der Waals surface area contributed by atoms with Crippen LogP contribution in [0.4, 0.5) is 10.5 Å². The lowest BCUT2D eigenvalue weighted by Gasteiger charge is -2.34. The Balaban J connectivity index is 1.41. The summed E-state index contributed by atoms with van der Waals surface area (Å²) in [5, 5.41) is 17.6. The second kappa shape index (κ2) is 12.0. The van der Waals surface area contributed by atoms with Crippen LogP contribution < -0.4 is 10.6 Å². The van der Waals surface area contributed by atoms with E-state index in [1.165, 1.54) is 12.0 Å². The number of anilines is 1. The normalized spacial score (nSPS) is 22.1. The average molecular weight is 560 g/mol. The van der Waals surface area contributed by atoms with E-state index < -0.39 is 47.9 Å². The number of carbonyl (C=O) groups excluding carboxylic acids is 3. The van der Waals surface area contributed by atoms with Gasteiger partial charge in [-0.25, -0.2) is 9.59 Å². The van der Waals surface area contributed by atoms with Crippen LogP contribution in [0.3, 0.4) is 0 Å². The smallest absolute Gasteiger partial charge is 0.408 e. The number of nitrogens with zero attached hydrogens (tertiary/aromatic N) is 1. The molecule has 214 valence electrons. The Labute approximate surface area is 238 Å². The van der Waals surface area contributed by atoms with Gasteiger partial charge in [-0.2, -0.15) is 0 Å². The summed E-state index contributed by atoms with van der Waals surface area (Å²) < 4.78 is 16.5. The Morgan fingerprint density at radius 3 is 2.24 bits per heavy atom. The van der Waals surface area contributed by atoms with E-state index in [0.29, 0.717) is 11.3 Å². The van der Waals surface area contributed by atoms with Gasteiger partial charge in [0.2, 0.25) is 5.91 Å². The lowest BCUT2D eigenvalue weighted by Crippen LogP contribution is -2.60. The van der Waals surface area contributed by atoms with Crippen molar-refractivity contribution in [2.24, 2.45) is 0 Å². The van der Waals surface area contributed by atoms with Crippen LogP contribution in [0.1, 0.15) is 30.0 Å². The number of hydrogen-bond donors (Lipinski definition) is 3. The van der Waals surface area contributed by atoms with Gasteiger partial charge in [0.1, 0.15) is 30.5 Å². The number of esters is 1. The Hall–Kier alpha value is -4.41. The summed E-state index contributed by atoms with van der Waals surface area (Å²) in [5.41, 5.74) is 1.35. The Bertz CT molecular complexity index is 1390. The summed E-state index contributed by atoms with van der Waals surface area (Å²) in [4.78, 5) is 41.4. The van der Waals surface area contributed by atoms with Crippen LogP contribution in [0.2, 0.25) is 0 Å². The zero-order valence-corrected chi connectivity index (χ0v) is 22.9. The molecule has 2 amide bonds. The van der Waals surface area contributed by atoms with Crippen molar-refractivity contribution in [2.45, 2.75) is 56.5 Å². The molecule has 3 aromatic carbocycles. The number of benzene rings is 3. The lowest BCUT2D eigenvalue weighted by molar-refractivity contribution is -0.154. The van der Waals surface area contributed by atoms with E-state index in [9.17, 15) is 19.5 Å². The number of hydrogen-bond acceptors (Lipinski definition) is 8. The van der Waals surface area contributed by atoms with E-state index in [-0.39, 0.29) is 19.6 Å². The molecule has 5 atom stereocenters. The third-order valence-electron chi connectivity index (χ3n) is 7.56. The lowest BCUT2D eigenvalue weighted by atomic mass is 9.91. The van der Waals surface area contributed by atoms with Crippen LogP contribution in [0.15, 0.2) is 84.9 Å². The molecule has 1 fully saturated rings. The van der Waals surface area contributed by atoms with Gasteiger partial charge in [-0.05, 0) is 24.1 Å². The number of para-hydroxylation sites is 1. The Morgan fingerprint density at radius 1 is 0.976 bits per heavy atom. The molecule has 10 nitrogen and oxygen atoms in total. The van der Waals surface area contributed by atoms with E-state index in [2.05, 4.69) is 10.6 Å². The molecule has 2 aliphatic rings. The minimum absolute atomic E-state index is 0.000574. The maximum Gasteiger partial charge on any atom is 0.408 e. The highest BCUT2D eigenvalue weighted by atomic mass is 16.6. The third-order valence-corrected chi connectivity index (χ3v) is 7.56. The minimum Gasteiger partial charge on any atom is -0.467 e. The third kappa shape index (κ3) is 5.75. The summed E-state index contributed by atoms with van der Waals surface area (Å²) in [7, 11) is 1.23. The highest BCUT2D eigenvalue weighted by molar-refractivity contribution is 5.92. The van der Waals surface area contributed by atoms with Crippen LogP contribution in [-0.2, 0) is 42.6 Å². The molecule has 5 rings (SSSR count). The van der Waals surface area contributed by atoms with Gasteiger partial charge in [0.15, 0.2) is 0 Å². The molecule has 3 aromatic rings. The SMILES string of the molecule is COC(=O)[C@@H]1C[C@@]2(O)c3ccccc3N[C@H]2N1C(=O)[C@@H](NC(=O)OCc1ccccc1)[C@@H](C)OCc1ccccc1. The maximum absolute atomic E-state index is 14.3. The molecular formula is C31H33N3O7. The van der Waals surface area contributed by atoms with Gasteiger partial charge < -0.3 is 34.9 Å². The van der Waals surface area contributed by atoms with Crippen molar-refractivity contribution in [2.75, 3.05) is 12.4 Å². The number of rotatable bonds is 9. The van der Waals surface area contributed by atoms with Crippen molar-refractivity contribution in [3.8, 4) is 0 Å². The topological polar surface area (TPSA) is 126 Å². The highest BCUT2D eigenvalue weighted by Gasteiger charge is 2.61. The Kier molecular flexibility index (Phi) is 8.23. The fraction of sp³-hybridized carbons (Fsp3) is 0.323. The quantitative estimate of drug-likeness (QED) is 0.341. The minimum atomic E-state index is -1.54. The number of methoxy groups -OCH3 is 1. The summed E-state index contributed by atoms with van der Waals surface area (Å²) in [6.45, 7) is 1.85. The average Bonchev–Trinajstić information content (AvgIpc) is 3.46. The Morgan fingerprint density at radius 2 is 1.59 bits per heavy atom. The summed E-state index contributed by atoms with van der Waals surface area (Å²) >= 11 is 0. The fourth-order valence-electron chi connectivity index (χ4n) is 5.44. The second-order valence-electron chi connectivity index (χ2n) is 10.2. The van der Waals surface area contributed by atoms with E-state index in [1.54, 1.807) is 25.1 Å². The molecule has 3 N–H and O–H groups in total. The standard InChI is InChI=1S/C31H33N3O7/c1-20(40-18-21-11-5-3-6-12-21)26(33-30(37)41-19-22-13-7-4-8-14-22)27(35)34-25(28(36)39-2)17-31(38)23-15-9-10-16-24(23)32-29(31)34/h3-16,20,25-26,29,32,38H,17-19H2,1-2H3,(H,33,37)/t20-,25+,26+,29+,31-/m1/s1. The van der Waals surface area contributed by atoms with Crippen LogP contribution in [0.25, 0.3) is 0 Å². The van der Waals surface area contributed by atoms with Crippen molar-refractivity contribution < 1.29 is 33.7 Å². The van der Waals surface area contributed by atoms with Gasteiger partial charge in [0, 0.05) is 17.7 Å². The summed E-state index contributed by atoms with van der Waals surface area (Å²) in [6, 6.07) is 23.4. The van der Waals surface area contributed by atoms with Crippen LogP contribution in [-0.4, -0.2) is 59.4 Å². The summed E-state index contributed by atoms with van der Waals surface area (Å²) in [6.07, 6.45) is -2.70. The van der Waals surface area contributed by atoms with Crippen LogP contribution in [0, 0.1) is 0 Å². The monoisotopic (exact) mass is 559 g/mol. The summed E-state index contributed by atoms with van der Waals surface area (Å²) in [5.74, 6) is -1.30. The maximum atomic E-state index is 14.3. The van der Waals surface area contributed by atoms with Crippen LogP contribution >= 0.6 is 0 Å². The first-order valence-corrected chi connectivity index (χ1v) is 13.4. The van der Waals surface area contributed by atoms with Gasteiger partial charge >= 0.3 is 12.1 Å². The van der Waals surface area contributed by atoms with E-state index >= 15 is 0 Å². The first-order valence-electron chi connectivity index (χ1n) is 13.4. The number of amides is 2. The van der Waals surface area contributed by atoms with E-state index in [1.807, 2.05) is 66.7 Å². The van der Waals surface area contributed by atoms with Crippen molar-refractivity contribution in [1.82, 2.24) is 10.2 Å². The molecule has 0 spiro atoms. The van der Waals surface area contributed by atoms with Gasteiger partial charge in [-0.15, -0.1) is 0 Å². The van der Waals surface area contributed by atoms with Gasteiger partial charge in [0.05, 0.1) is 19.8 Å². The second-order valence-corrected chi connectivity index (χ2v) is 10.2. The molecule has 0 aliphatic carbocycles. The molecule has 0 unspecified atom stereocenters. The molecule has 41 heavy (non-hydrogen) atoms. The van der Waals surface area contributed by atoms with Gasteiger partial charge in [-0.1, -0.05) is 78.9 Å². The molecule has 2 aliphatic heterocycles. The van der Waals surface area contributed by atoms with Crippen molar-refractivity contribution in [3.63, 3.8) is 0 Å². The number of alkyl carbamates (subject to hydrolysis) is 1. The van der Waals surface area contributed by atoms with Crippen LogP contribution in [0.5, 0.6) is 0 Å². The van der Waals surface area contributed by atoms with E-state index in [4.69, 9.17) is 14.2 Å². The zero-order valence-electron chi connectivity index (χ0n) is 22.9. The molecular weight excluding hydrogens is 526 g/mol. The number of nitrogens with one attached hydrogen (secondary N) is 2. The molecule has 0 radical (unpaired) electrons. The number of fused-ring (bicyclic) bond motifs is 3. The number of aliphatic hydroxyl groups is 1. The van der Waals surface area contributed by atoms with Crippen molar-refractivity contribution in [3.05, 3.63) is 102 Å². The first-order chi connectivity index (χ1) is 19.8. The predicted octanol–water partition coefficient (Wildman–Crippen LogP) is 3.30. The van der Waals surface area contributed by atoms with Crippen molar-refractivity contribution in [1.29, 1.82) is 0 Å². The molecule has 0 bridgehead atoms. The zero-order chi connectivity index (χ0) is 29.0. The largest absolute Gasteiger partial charge is 0.467 e. The van der Waals surface area contributed by atoms with Gasteiger partial charge in [-0.3, -0.25) is 4.79 Å². The number of ether oxygens (including phenoxy) is 3. The molecule has 1 saturated heterocycles.